The Bertz CT molecular complexity index is 922. The quantitative estimate of drug-likeness (QED) is 0.568. The molecule has 0 bridgehead atoms. The normalized spacial score (nSPS) is 11.3. The average Bonchev–Trinajstić information content (AvgIpc) is 3.19. The number of hydrogen-bond donors (Lipinski definition) is 3. The molecule has 0 saturated heterocycles. The van der Waals surface area contributed by atoms with Crippen LogP contribution in [-0.2, 0) is 9.59 Å². The Morgan fingerprint density at radius 3 is 2.57 bits per heavy atom. The van der Waals surface area contributed by atoms with Crippen molar-refractivity contribution < 1.29 is 32.0 Å². The van der Waals surface area contributed by atoms with Gasteiger partial charge in [0, 0.05) is 30.3 Å². The number of carbonyl (C=O) groups is 3. The summed E-state index contributed by atoms with van der Waals surface area (Å²) in [6, 6.07) is 7.53. The van der Waals surface area contributed by atoms with Gasteiger partial charge in [-0.1, -0.05) is 6.07 Å². The monoisotopic (exact) mass is 423 g/mol. The van der Waals surface area contributed by atoms with Gasteiger partial charge in [0.25, 0.3) is 5.91 Å². The third-order valence-electron chi connectivity index (χ3n) is 3.82. The molecule has 0 radical (unpaired) electrons. The van der Waals surface area contributed by atoms with Gasteiger partial charge in [-0.25, -0.2) is 0 Å². The minimum atomic E-state index is -4.52. The Balaban J connectivity index is 1.84. The molecule has 1 aromatic heterocycles. The molecule has 0 unspecified atom stereocenters. The lowest BCUT2D eigenvalue weighted by Crippen LogP contribution is -2.33. The lowest BCUT2D eigenvalue weighted by molar-refractivity contribution is -0.123. The van der Waals surface area contributed by atoms with E-state index in [9.17, 15) is 27.6 Å². The summed E-state index contributed by atoms with van der Waals surface area (Å²) >= 11 is 0. The zero-order valence-electron chi connectivity index (χ0n) is 16.0. The van der Waals surface area contributed by atoms with E-state index in [0.717, 1.165) is 0 Å². The van der Waals surface area contributed by atoms with Gasteiger partial charge in [-0.05, 0) is 42.8 Å². The molecule has 0 aliphatic rings. The van der Waals surface area contributed by atoms with Crippen molar-refractivity contribution in [2.45, 2.75) is 19.5 Å². The number of rotatable bonds is 8. The highest BCUT2D eigenvalue weighted by Crippen LogP contribution is 2.18. The Morgan fingerprint density at radius 2 is 1.90 bits per heavy atom. The Labute approximate surface area is 170 Å². The minimum absolute atomic E-state index is 0.0171. The van der Waals surface area contributed by atoms with Crippen molar-refractivity contribution in [1.29, 1.82) is 0 Å². The first-order valence-electron chi connectivity index (χ1n) is 8.89. The fourth-order valence-electron chi connectivity index (χ4n) is 2.30. The molecule has 7 nitrogen and oxygen atoms in total. The van der Waals surface area contributed by atoms with Gasteiger partial charge >= 0.3 is 6.18 Å². The van der Waals surface area contributed by atoms with Crippen molar-refractivity contribution in [1.82, 2.24) is 10.6 Å². The first-order chi connectivity index (χ1) is 14.1. The summed E-state index contributed by atoms with van der Waals surface area (Å²) < 4.78 is 41.7. The summed E-state index contributed by atoms with van der Waals surface area (Å²) in [4.78, 5) is 35.6. The van der Waals surface area contributed by atoms with Crippen molar-refractivity contribution in [3.63, 3.8) is 0 Å². The van der Waals surface area contributed by atoms with Crippen molar-refractivity contribution in [2.24, 2.45) is 0 Å². The van der Waals surface area contributed by atoms with Crippen molar-refractivity contribution in [2.75, 3.05) is 18.4 Å². The summed E-state index contributed by atoms with van der Waals surface area (Å²) in [5.74, 6) is -1.23. The lowest BCUT2D eigenvalue weighted by atomic mass is 10.1. The van der Waals surface area contributed by atoms with E-state index in [1.807, 2.05) is 0 Å². The Morgan fingerprint density at radius 1 is 1.13 bits per heavy atom. The second kappa shape index (κ2) is 10.3. The molecule has 3 N–H and O–H groups in total. The zero-order valence-corrected chi connectivity index (χ0v) is 16.0. The number of alkyl halides is 3. The van der Waals surface area contributed by atoms with Gasteiger partial charge in [-0.15, -0.1) is 0 Å². The molecular weight excluding hydrogens is 403 g/mol. The fraction of sp³-hybridized carbons (Fsp3) is 0.250. The number of nitrogens with one attached hydrogen (secondary N) is 3. The van der Waals surface area contributed by atoms with E-state index >= 15 is 0 Å². The number of halogens is 3. The molecule has 1 heterocycles. The summed E-state index contributed by atoms with van der Waals surface area (Å²) in [6.45, 7) is 0.293. The summed E-state index contributed by atoms with van der Waals surface area (Å²) in [7, 11) is 0. The summed E-state index contributed by atoms with van der Waals surface area (Å²) in [5.41, 5.74) is 0.904. The molecule has 2 aromatic rings. The first kappa shape index (κ1) is 22.7. The van der Waals surface area contributed by atoms with Crippen LogP contribution in [0.25, 0.3) is 6.08 Å². The van der Waals surface area contributed by atoms with Gasteiger partial charge < -0.3 is 20.4 Å². The molecule has 0 fully saturated rings. The second-order valence-corrected chi connectivity index (χ2v) is 6.27. The molecule has 2 rings (SSSR count). The number of aryl methyl sites for hydroxylation is 1. The number of benzene rings is 1. The van der Waals surface area contributed by atoms with Crippen LogP contribution in [-0.4, -0.2) is 37.0 Å². The van der Waals surface area contributed by atoms with Crippen LogP contribution in [0.15, 0.2) is 47.1 Å². The van der Waals surface area contributed by atoms with Gasteiger partial charge in [0.2, 0.25) is 11.8 Å². The van der Waals surface area contributed by atoms with Gasteiger partial charge in [-0.3, -0.25) is 14.4 Å². The van der Waals surface area contributed by atoms with Crippen LogP contribution in [0, 0.1) is 6.92 Å². The SMILES string of the molecule is Cc1ccc(C(=O)NCC(F)(F)F)cc1NC(=O)CCNC(=O)/C=C/c1ccco1. The smallest absolute Gasteiger partial charge is 0.405 e. The van der Waals surface area contributed by atoms with Gasteiger partial charge in [0.15, 0.2) is 0 Å². The molecular formula is C20H20F3N3O4. The number of hydrogen-bond acceptors (Lipinski definition) is 4. The molecule has 0 saturated carbocycles. The Kier molecular flexibility index (Phi) is 7.79. The van der Waals surface area contributed by atoms with E-state index in [1.165, 1.54) is 36.6 Å². The van der Waals surface area contributed by atoms with E-state index < -0.39 is 30.4 Å². The molecule has 160 valence electrons. The molecule has 10 heteroatoms. The third kappa shape index (κ3) is 7.82. The summed E-state index contributed by atoms with van der Waals surface area (Å²) in [5, 5.41) is 6.89. The number of furan rings is 1. The molecule has 1 aromatic carbocycles. The van der Waals surface area contributed by atoms with E-state index in [0.29, 0.717) is 17.0 Å². The molecule has 30 heavy (non-hydrogen) atoms. The predicted molar refractivity (Wildman–Crippen MR) is 104 cm³/mol. The largest absolute Gasteiger partial charge is 0.465 e. The van der Waals surface area contributed by atoms with E-state index in [1.54, 1.807) is 24.4 Å². The molecule has 3 amide bonds. The topological polar surface area (TPSA) is 100 Å². The molecule has 0 atom stereocenters. The second-order valence-electron chi connectivity index (χ2n) is 6.27. The minimum Gasteiger partial charge on any atom is -0.465 e. The standard InChI is InChI=1S/C20H20F3N3O4/c1-13-4-5-14(19(29)25-12-20(21,22)23)11-16(13)26-18(28)8-9-24-17(27)7-6-15-3-2-10-30-15/h2-7,10-11H,8-9,12H2,1H3,(H,24,27)(H,25,29)(H,26,28)/b7-6+. The highest BCUT2D eigenvalue weighted by Gasteiger charge is 2.28. The first-order valence-corrected chi connectivity index (χ1v) is 8.89. The number of anilines is 1. The van der Waals surface area contributed by atoms with Crippen LogP contribution in [0.4, 0.5) is 18.9 Å². The van der Waals surface area contributed by atoms with E-state index in [-0.39, 0.29) is 18.5 Å². The van der Waals surface area contributed by atoms with Gasteiger partial charge in [-0.2, -0.15) is 13.2 Å². The highest BCUT2D eigenvalue weighted by molar-refractivity contribution is 5.98. The maximum atomic E-state index is 12.2. The number of amides is 3. The van der Waals surface area contributed by atoms with Crippen LogP contribution in [0.1, 0.15) is 28.1 Å². The van der Waals surface area contributed by atoms with Crippen LogP contribution < -0.4 is 16.0 Å². The third-order valence-corrected chi connectivity index (χ3v) is 3.82. The van der Waals surface area contributed by atoms with Crippen LogP contribution in [0.3, 0.4) is 0 Å². The van der Waals surface area contributed by atoms with Crippen LogP contribution in [0.5, 0.6) is 0 Å². The van der Waals surface area contributed by atoms with Crippen molar-refractivity contribution in [3.05, 3.63) is 59.6 Å². The van der Waals surface area contributed by atoms with Crippen LogP contribution in [0.2, 0.25) is 0 Å². The lowest BCUT2D eigenvalue weighted by Gasteiger charge is -2.12. The van der Waals surface area contributed by atoms with Crippen molar-refractivity contribution >= 4 is 29.5 Å². The highest BCUT2D eigenvalue weighted by atomic mass is 19.4. The van der Waals surface area contributed by atoms with Gasteiger partial charge in [0.05, 0.1) is 6.26 Å². The van der Waals surface area contributed by atoms with Crippen LogP contribution >= 0.6 is 0 Å². The Hall–Kier alpha value is -3.56. The molecule has 0 aliphatic heterocycles. The summed E-state index contributed by atoms with van der Waals surface area (Å²) in [6.07, 6.45) is -0.337. The zero-order chi connectivity index (χ0) is 22.1. The fourth-order valence-corrected chi connectivity index (χ4v) is 2.30. The number of carbonyl (C=O) groups excluding carboxylic acids is 3. The maximum Gasteiger partial charge on any atom is 0.405 e. The molecule has 0 spiro atoms. The average molecular weight is 423 g/mol. The van der Waals surface area contributed by atoms with E-state index in [2.05, 4.69) is 10.6 Å². The maximum absolute atomic E-state index is 12.2. The predicted octanol–water partition coefficient (Wildman–Crippen LogP) is 3.04. The molecule has 0 aliphatic carbocycles. The van der Waals surface area contributed by atoms with Gasteiger partial charge in [0.1, 0.15) is 12.3 Å². The van der Waals surface area contributed by atoms with E-state index in [4.69, 9.17) is 4.42 Å². The van der Waals surface area contributed by atoms with Crippen molar-refractivity contribution in [3.8, 4) is 0 Å².